The molecule has 0 saturated carbocycles. The van der Waals surface area contributed by atoms with Gasteiger partial charge in [0, 0.05) is 14.1 Å². The smallest absolute Gasteiger partial charge is 0.546 e. The molecule has 6 nitrogen and oxygen atoms in total. The number of carbonyl (C=O) groups excluding carboxylic acids is 1. The molecule has 1 aromatic carbocycles. The number of hydrogen-bond acceptors (Lipinski definition) is 5. The van der Waals surface area contributed by atoms with Crippen LogP contribution in [-0.4, -0.2) is 38.9 Å². The fraction of sp³-hybridized carbons (Fsp3) is 0.417. The Labute approximate surface area is 131 Å². The number of rotatable bonds is 5. The number of carboxylic acids is 1. The molecular formula is C12H16LiNO5S. The second kappa shape index (κ2) is 7.13. The molecule has 1 aromatic rings. The van der Waals surface area contributed by atoms with Gasteiger partial charge in [-0.05, 0) is 31.5 Å². The molecule has 0 N–H and O–H groups in total. The second-order valence-electron chi connectivity index (χ2n) is 4.32. The molecule has 0 spiro atoms. The fourth-order valence-corrected chi connectivity index (χ4v) is 2.45. The maximum atomic E-state index is 12.1. The SMILES string of the molecule is Cc1ccc(OC(C)C(=O)[O-])c(S(=O)(=O)N(C)C)c1.[Li+]. The zero-order valence-electron chi connectivity index (χ0n) is 12.2. The minimum Gasteiger partial charge on any atom is -0.546 e. The maximum absolute atomic E-state index is 12.1. The van der Waals surface area contributed by atoms with Crippen molar-refractivity contribution < 1.29 is 41.9 Å². The fourth-order valence-electron chi connectivity index (χ4n) is 1.35. The minimum absolute atomic E-state index is 0. The number of hydrogen-bond donors (Lipinski definition) is 0. The molecule has 0 amide bonds. The summed E-state index contributed by atoms with van der Waals surface area (Å²) in [6.07, 6.45) is -1.24. The number of aliphatic carboxylic acids is 1. The van der Waals surface area contributed by atoms with Crippen molar-refractivity contribution >= 4 is 16.0 Å². The van der Waals surface area contributed by atoms with Crippen molar-refractivity contribution in [2.45, 2.75) is 24.8 Å². The number of carbonyl (C=O) groups is 1. The van der Waals surface area contributed by atoms with E-state index in [1.165, 1.54) is 33.2 Å². The molecule has 0 aliphatic rings. The summed E-state index contributed by atoms with van der Waals surface area (Å²) in [5, 5.41) is 10.7. The Kier molecular flexibility index (Phi) is 6.78. The minimum atomic E-state index is -3.71. The van der Waals surface area contributed by atoms with Gasteiger partial charge in [-0.25, -0.2) is 12.7 Å². The average Bonchev–Trinajstić information content (AvgIpc) is 2.30. The zero-order chi connectivity index (χ0) is 14.8. The van der Waals surface area contributed by atoms with Gasteiger partial charge in [0.2, 0.25) is 10.0 Å². The summed E-state index contributed by atoms with van der Waals surface area (Å²) < 4.78 is 30.4. The van der Waals surface area contributed by atoms with E-state index in [9.17, 15) is 18.3 Å². The average molecular weight is 293 g/mol. The number of benzene rings is 1. The van der Waals surface area contributed by atoms with Crippen LogP contribution in [0.15, 0.2) is 23.1 Å². The van der Waals surface area contributed by atoms with Crippen LogP contribution in [0.4, 0.5) is 0 Å². The van der Waals surface area contributed by atoms with Crippen LogP contribution in [0, 0.1) is 6.92 Å². The first kappa shape index (κ1) is 19.0. The number of carboxylic acid groups (broad SMARTS) is 1. The van der Waals surface area contributed by atoms with Gasteiger partial charge in [-0.2, -0.15) is 0 Å². The second-order valence-corrected chi connectivity index (χ2v) is 6.44. The molecule has 8 heteroatoms. The Morgan fingerprint density at radius 2 is 1.90 bits per heavy atom. The van der Waals surface area contributed by atoms with Crippen LogP contribution in [0.5, 0.6) is 5.75 Å². The van der Waals surface area contributed by atoms with E-state index in [0.717, 1.165) is 9.87 Å². The molecule has 0 radical (unpaired) electrons. The van der Waals surface area contributed by atoms with E-state index in [0.29, 0.717) is 0 Å². The topological polar surface area (TPSA) is 86.7 Å². The molecule has 0 saturated heterocycles. The van der Waals surface area contributed by atoms with Crippen LogP contribution in [0.1, 0.15) is 12.5 Å². The quantitative estimate of drug-likeness (QED) is 0.533. The van der Waals surface area contributed by atoms with Gasteiger partial charge < -0.3 is 14.6 Å². The van der Waals surface area contributed by atoms with Gasteiger partial charge in [-0.1, -0.05) is 6.07 Å². The Balaban J connectivity index is 0.00000361. The Morgan fingerprint density at radius 3 is 2.35 bits per heavy atom. The summed E-state index contributed by atoms with van der Waals surface area (Å²) in [6.45, 7) is 3.02. The van der Waals surface area contributed by atoms with Crippen molar-refractivity contribution in [3.05, 3.63) is 23.8 Å². The van der Waals surface area contributed by atoms with E-state index in [-0.39, 0.29) is 29.5 Å². The van der Waals surface area contributed by atoms with Gasteiger partial charge >= 0.3 is 18.9 Å². The Bertz CT molecular complexity index is 586. The Morgan fingerprint density at radius 1 is 1.35 bits per heavy atom. The van der Waals surface area contributed by atoms with Gasteiger partial charge in [0.05, 0.1) is 5.97 Å². The third-order valence-electron chi connectivity index (χ3n) is 2.49. The summed E-state index contributed by atoms with van der Waals surface area (Å²) in [7, 11) is -0.921. The first-order valence-corrected chi connectivity index (χ1v) is 7.01. The normalized spacial score (nSPS) is 12.7. The first-order valence-electron chi connectivity index (χ1n) is 5.57. The van der Waals surface area contributed by atoms with Crippen LogP contribution in [0.3, 0.4) is 0 Å². The van der Waals surface area contributed by atoms with E-state index >= 15 is 0 Å². The van der Waals surface area contributed by atoms with E-state index < -0.39 is 22.1 Å². The van der Waals surface area contributed by atoms with Crippen molar-refractivity contribution in [1.82, 2.24) is 4.31 Å². The Hall–Kier alpha value is -1.00. The number of ether oxygens (including phenoxy) is 1. The maximum Gasteiger partial charge on any atom is 1.00 e. The standard InChI is InChI=1S/C12H17NO5S.Li/c1-8-5-6-10(18-9(2)12(14)15)11(7-8)19(16,17)13(3)4;/h5-7,9H,1-4H3,(H,14,15);/q;+1/p-1. The van der Waals surface area contributed by atoms with Crippen molar-refractivity contribution in [1.29, 1.82) is 0 Å². The van der Waals surface area contributed by atoms with Gasteiger partial charge in [0.15, 0.2) is 0 Å². The molecule has 1 rings (SSSR count). The van der Waals surface area contributed by atoms with Crippen LogP contribution in [0.2, 0.25) is 0 Å². The van der Waals surface area contributed by atoms with E-state index in [1.54, 1.807) is 13.0 Å². The predicted octanol–water partition coefficient (Wildman–Crippen LogP) is -3.23. The van der Waals surface area contributed by atoms with Crippen molar-refractivity contribution in [3.63, 3.8) is 0 Å². The molecule has 0 fully saturated rings. The third-order valence-corrected chi connectivity index (χ3v) is 4.33. The summed E-state index contributed by atoms with van der Waals surface area (Å²) >= 11 is 0. The first-order chi connectivity index (χ1) is 8.66. The van der Waals surface area contributed by atoms with Gasteiger partial charge in [0.1, 0.15) is 16.7 Å². The molecule has 20 heavy (non-hydrogen) atoms. The van der Waals surface area contributed by atoms with Crippen molar-refractivity contribution in [2.24, 2.45) is 0 Å². The summed E-state index contributed by atoms with van der Waals surface area (Å²) in [6, 6.07) is 4.52. The van der Waals surface area contributed by atoms with E-state index in [1.807, 2.05) is 0 Å². The van der Waals surface area contributed by atoms with Gasteiger partial charge in [0.25, 0.3) is 0 Å². The van der Waals surface area contributed by atoms with E-state index in [4.69, 9.17) is 4.74 Å². The number of nitrogens with zero attached hydrogens (tertiary/aromatic N) is 1. The van der Waals surface area contributed by atoms with Crippen LogP contribution >= 0.6 is 0 Å². The van der Waals surface area contributed by atoms with Gasteiger partial charge in [-0.3, -0.25) is 0 Å². The monoisotopic (exact) mass is 293 g/mol. The van der Waals surface area contributed by atoms with Crippen LogP contribution < -0.4 is 28.7 Å². The molecule has 0 aliphatic heterocycles. The van der Waals surface area contributed by atoms with Crippen LogP contribution in [0.25, 0.3) is 0 Å². The van der Waals surface area contributed by atoms with Crippen molar-refractivity contribution in [2.75, 3.05) is 14.1 Å². The molecule has 0 bridgehead atoms. The van der Waals surface area contributed by atoms with Crippen molar-refractivity contribution in [3.8, 4) is 5.75 Å². The number of sulfonamides is 1. The summed E-state index contributed by atoms with van der Waals surface area (Å²) in [5.41, 5.74) is 0.730. The van der Waals surface area contributed by atoms with Gasteiger partial charge in [-0.15, -0.1) is 0 Å². The molecule has 1 unspecified atom stereocenters. The molecule has 0 aromatic heterocycles. The third kappa shape index (κ3) is 4.25. The molecule has 106 valence electrons. The zero-order valence-corrected chi connectivity index (χ0v) is 13.0. The number of aryl methyl sites for hydroxylation is 1. The van der Waals surface area contributed by atoms with E-state index in [2.05, 4.69) is 0 Å². The molecular weight excluding hydrogens is 277 g/mol. The summed E-state index contributed by atoms with van der Waals surface area (Å²) in [4.78, 5) is 10.6. The molecule has 1 atom stereocenters. The largest absolute Gasteiger partial charge is 1.00 e. The summed E-state index contributed by atoms with van der Waals surface area (Å²) in [5.74, 6) is -1.41. The molecule has 0 heterocycles. The molecule has 0 aliphatic carbocycles. The predicted molar refractivity (Wildman–Crippen MR) is 67.1 cm³/mol. The van der Waals surface area contributed by atoms with Crippen LogP contribution in [-0.2, 0) is 14.8 Å².